The van der Waals surface area contributed by atoms with Gasteiger partial charge in [-0.05, 0) is 60.9 Å². The molecule has 0 radical (unpaired) electrons. The monoisotopic (exact) mass is 364 g/mol. The number of amides is 1. The van der Waals surface area contributed by atoms with Crippen molar-refractivity contribution in [2.24, 2.45) is 16.9 Å². The number of rotatable bonds is 3. The average Bonchev–Trinajstić information content (AvgIpc) is 2.72. The zero-order chi connectivity index (χ0) is 18.6. The highest BCUT2D eigenvalue weighted by atomic mass is 16.3. The van der Waals surface area contributed by atoms with E-state index in [1.165, 1.54) is 44.9 Å². The fourth-order valence-corrected chi connectivity index (χ4v) is 4.80. The van der Waals surface area contributed by atoms with Gasteiger partial charge in [-0.2, -0.15) is 5.10 Å². The molecule has 0 aromatic heterocycles. The molecule has 0 saturated heterocycles. The first-order valence-electron chi connectivity index (χ1n) is 10.3. The molecule has 27 heavy (non-hydrogen) atoms. The van der Waals surface area contributed by atoms with E-state index in [0.717, 1.165) is 35.2 Å². The lowest BCUT2D eigenvalue weighted by Gasteiger charge is -2.33. The number of aromatic hydroxyl groups is 1. The average molecular weight is 364 g/mol. The lowest BCUT2D eigenvalue weighted by Crippen LogP contribution is -2.31. The Kier molecular flexibility index (Phi) is 5.42. The van der Waals surface area contributed by atoms with Crippen molar-refractivity contribution in [2.75, 3.05) is 0 Å². The van der Waals surface area contributed by atoms with Crippen LogP contribution in [-0.2, 0) is 0 Å². The van der Waals surface area contributed by atoms with Crippen LogP contribution in [0.15, 0.2) is 41.5 Å². The summed E-state index contributed by atoms with van der Waals surface area (Å²) in [5.41, 5.74) is 4.17. The highest BCUT2D eigenvalue weighted by Crippen LogP contribution is 2.37. The predicted octanol–water partition coefficient (Wildman–Crippen LogP) is 5.40. The minimum absolute atomic E-state index is 0.00104. The summed E-state index contributed by atoms with van der Waals surface area (Å²) in [6.07, 6.45) is 11.2. The molecule has 2 aliphatic carbocycles. The molecule has 4 heteroatoms. The number of hydrogen-bond donors (Lipinski definition) is 2. The highest BCUT2D eigenvalue weighted by Gasteiger charge is 2.30. The quantitative estimate of drug-likeness (QED) is 0.716. The van der Waals surface area contributed by atoms with E-state index in [2.05, 4.69) is 10.5 Å². The molecule has 2 fully saturated rings. The highest BCUT2D eigenvalue weighted by molar-refractivity contribution is 6.02. The summed E-state index contributed by atoms with van der Waals surface area (Å²) in [6, 6.07) is 11.1. The van der Waals surface area contributed by atoms with Crippen LogP contribution in [0, 0.1) is 11.8 Å². The molecule has 0 aliphatic heterocycles. The van der Waals surface area contributed by atoms with E-state index in [9.17, 15) is 9.90 Å². The van der Waals surface area contributed by atoms with Crippen molar-refractivity contribution in [3.05, 3.63) is 42.0 Å². The lowest BCUT2D eigenvalue weighted by molar-refractivity contribution is 0.0951. The first kappa shape index (κ1) is 18.0. The molecule has 0 bridgehead atoms. The van der Waals surface area contributed by atoms with Crippen LogP contribution in [0.4, 0.5) is 0 Å². The minimum Gasteiger partial charge on any atom is -0.507 e. The normalized spacial score (nSPS) is 22.8. The van der Waals surface area contributed by atoms with Crippen LogP contribution in [0.3, 0.4) is 0 Å². The summed E-state index contributed by atoms with van der Waals surface area (Å²) < 4.78 is 0. The van der Waals surface area contributed by atoms with Crippen LogP contribution in [0.1, 0.15) is 68.1 Å². The second-order valence-corrected chi connectivity index (χ2v) is 8.01. The van der Waals surface area contributed by atoms with Gasteiger partial charge in [0.05, 0.1) is 5.56 Å². The molecular formula is C23H28N2O2. The first-order valence-corrected chi connectivity index (χ1v) is 10.3. The molecule has 0 heterocycles. The van der Waals surface area contributed by atoms with Crippen LogP contribution in [0.25, 0.3) is 10.8 Å². The van der Waals surface area contributed by atoms with Gasteiger partial charge in [-0.15, -0.1) is 0 Å². The van der Waals surface area contributed by atoms with E-state index in [1.807, 2.05) is 24.3 Å². The number of phenols is 1. The van der Waals surface area contributed by atoms with Crippen molar-refractivity contribution in [2.45, 2.75) is 57.8 Å². The number of carbonyl (C=O) groups excluding carboxylic acids is 1. The van der Waals surface area contributed by atoms with E-state index >= 15 is 0 Å². The molecule has 142 valence electrons. The van der Waals surface area contributed by atoms with E-state index in [0.29, 0.717) is 5.92 Å². The van der Waals surface area contributed by atoms with Gasteiger partial charge in [0, 0.05) is 11.6 Å². The first-order chi connectivity index (χ1) is 13.2. The van der Waals surface area contributed by atoms with Crippen LogP contribution in [0.2, 0.25) is 0 Å². The molecular weight excluding hydrogens is 336 g/mol. The SMILES string of the molecule is O=C(N/N=C1/CCCC[C@H]1C1CCCCC1)c1cc2ccccc2cc1O. The molecule has 2 N–H and O–H groups in total. The molecule has 0 unspecified atom stereocenters. The second-order valence-electron chi connectivity index (χ2n) is 8.01. The summed E-state index contributed by atoms with van der Waals surface area (Å²) in [6.45, 7) is 0. The summed E-state index contributed by atoms with van der Waals surface area (Å²) in [7, 11) is 0. The second kappa shape index (κ2) is 8.12. The fourth-order valence-electron chi connectivity index (χ4n) is 4.80. The lowest BCUT2D eigenvalue weighted by atomic mass is 9.72. The van der Waals surface area contributed by atoms with Crippen LogP contribution in [-0.4, -0.2) is 16.7 Å². The van der Waals surface area contributed by atoms with Crippen molar-refractivity contribution in [3.8, 4) is 5.75 Å². The van der Waals surface area contributed by atoms with E-state index in [-0.39, 0.29) is 17.2 Å². The van der Waals surface area contributed by atoms with Gasteiger partial charge in [-0.1, -0.05) is 49.9 Å². The standard InChI is InChI=1S/C23H28N2O2/c26-22-15-18-11-5-4-10-17(18)14-20(22)23(27)25-24-21-13-7-6-12-19(21)16-8-2-1-3-9-16/h4-5,10-11,14-16,19,26H,1-3,6-9,12-13H2,(H,25,27)/b24-21-/t19-/m0/s1. The van der Waals surface area contributed by atoms with E-state index < -0.39 is 0 Å². The smallest absolute Gasteiger partial charge is 0.275 e. The summed E-state index contributed by atoms with van der Waals surface area (Å²) in [5, 5.41) is 16.7. The number of nitrogens with one attached hydrogen (secondary N) is 1. The molecule has 2 aromatic rings. The Bertz CT molecular complexity index is 853. The van der Waals surface area contributed by atoms with Crippen LogP contribution >= 0.6 is 0 Å². The Morgan fingerprint density at radius 3 is 2.44 bits per heavy atom. The molecule has 0 spiro atoms. The van der Waals surface area contributed by atoms with Gasteiger partial charge in [0.15, 0.2) is 0 Å². The van der Waals surface area contributed by atoms with Gasteiger partial charge in [0.1, 0.15) is 5.75 Å². The maximum Gasteiger partial charge on any atom is 0.275 e. The van der Waals surface area contributed by atoms with Crippen molar-refractivity contribution in [1.29, 1.82) is 0 Å². The minimum atomic E-state index is -0.335. The zero-order valence-electron chi connectivity index (χ0n) is 15.8. The molecule has 1 amide bonds. The maximum absolute atomic E-state index is 12.7. The van der Waals surface area contributed by atoms with Gasteiger partial charge < -0.3 is 5.11 Å². The summed E-state index contributed by atoms with van der Waals surface area (Å²) in [5.74, 6) is 0.908. The van der Waals surface area contributed by atoms with Gasteiger partial charge >= 0.3 is 0 Å². The zero-order valence-corrected chi connectivity index (χ0v) is 15.8. The Hall–Kier alpha value is -2.36. The van der Waals surface area contributed by atoms with Crippen molar-refractivity contribution in [3.63, 3.8) is 0 Å². The van der Waals surface area contributed by atoms with E-state index in [1.54, 1.807) is 12.1 Å². The molecule has 2 aliphatic rings. The maximum atomic E-state index is 12.7. The van der Waals surface area contributed by atoms with Crippen LogP contribution < -0.4 is 5.43 Å². The van der Waals surface area contributed by atoms with Crippen molar-refractivity contribution in [1.82, 2.24) is 5.43 Å². The fraction of sp³-hybridized carbons (Fsp3) is 0.478. The Balaban J connectivity index is 1.52. The largest absolute Gasteiger partial charge is 0.507 e. The third kappa shape index (κ3) is 4.00. The number of hydrogen-bond acceptors (Lipinski definition) is 3. The number of phenolic OH excluding ortho intramolecular Hbond substituents is 1. The third-order valence-electron chi connectivity index (χ3n) is 6.25. The van der Waals surface area contributed by atoms with Gasteiger partial charge in [0.25, 0.3) is 5.91 Å². The van der Waals surface area contributed by atoms with Gasteiger partial charge in [-0.25, -0.2) is 5.43 Å². The van der Waals surface area contributed by atoms with Crippen molar-refractivity contribution < 1.29 is 9.90 Å². The number of nitrogens with zero attached hydrogens (tertiary/aromatic N) is 1. The predicted molar refractivity (Wildman–Crippen MR) is 109 cm³/mol. The topological polar surface area (TPSA) is 61.7 Å². The number of fused-ring (bicyclic) bond motifs is 1. The molecule has 1 atom stereocenters. The number of hydrazone groups is 1. The Morgan fingerprint density at radius 1 is 0.963 bits per heavy atom. The van der Waals surface area contributed by atoms with Gasteiger partial charge in [-0.3, -0.25) is 4.79 Å². The van der Waals surface area contributed by atoms with E-state index in [4.69, 9.17) is 0 Å². The Morgan fingerprint density at radius 2 is 1.67 bits per heavy atom. The van der Waals surface area contributed by atoms with Gasteiger partial charge in [0.2, 0.25) is 0 Å². The van der Waals surface area contributed by atoms with Crippen molar-refractivity contribution >= 4 is 22.4 Å². The summed E-state index contributed by atoms with van der Waals surface area (Å²) >= 11 is 0. The summed E-state index contributed by atoms with van der Waals surface area (Å²) in [4.78, 5) is 12.7. The molecule has 4 rings (SSSR count). The number of carbonyl (C=O) groups is 1. The third-order valence-corrected chi connectivity index (χ3v) is 6.25. The Labute approximate surface area is 160 Å². The molecule has 2 aromatic carbocycles. The van der Waals surface area contributed by atoms with Crippen LogP contribution in [0.5, 0.6) is 5.75 Å². The molecule has 2 saturated carbocycles. The number of benzene rings is 2. The molecule has 4 nitrogen and oxygen atoms in total.